The second kappa shape index (κ2) is 6.34. The van der Waals surface area contributed by atoms with Crippen molar-refractivity contribution >= 4 is 5.97 Å². The van der Waals surface area contributed by atoms with E-state index in [-0.39, 0.29) is 6.54 Å². The summed E-state index contributed by atoms with van der Waals surface area (Å²) in [4.78, 5) is 15.1. The van der Waals surface area contributed by atoms with Crippen molar-refractivity contribution in [3.05, 3.63) is 30.1 Å². The van der Waals surface area contributed by atoms with Gasteiger partial charge in [0.1, 0.15) is 0 Å². The van der Waals surface area contributed by atoms with Crippen LogP contribution in [0, 0.1) is 0 Å². The molecule has 1 aromatic heterocycles. The zero-order chi connectivity index (χ0) is 13.6. The lowest BCUT2D eigenvalue weighted by molar-refractivity contribution is -0.153. The summed E-state index contributed by atoms with van der Waals surface area (Å²) >= 11 is 0. The van der Waals surface area contributed by atoms with E-state index in [9.17, 15) is 18.0 Å². The van der Waals surface area contributed by atoms with Crippen LogP contribution in [0.15, 0.2) is 24.5 Å². The number of carboxylic acids is 1. The average Bonchev–Trinajstić information content (AvgIpc) is 2.24. The molecule has 1 aromatic rings. The predicted molar refractivity (Wildman–Crippen MR) is 58.1 cm³/mol. The predicted octanol–water partition coefficient (Wildman–Crippen LogP) is 1.57. The Morgan fingerprint density at radius 1 is 1.33 bits per heavy atom. The third-order valence-corrected chi connectivity index (χ3v) is 2.23. The molecular weight excluding hydrogens is 249 g/mol. The second-order valence-electron chi connectivity index (χ2n) is 3.83. The van der Waals surface area contributed by atoms with Crippen molar-refractivity contribution in [1.29, 1.82) is 0 Å². The lowest BCUT2D eigenvalue weighted by atomic mass is 10.2. The molecule has 18 heavy (non-hydrogen) atoms. The zero-order valence-corrected chi connectivity index (χ0v) is 9.52. The highest BCUT2D eigenvalue weighted by molar-refractivity contribution is 5.69. The third kappa shape index (κ3) is 6.19. The summed E-state index contributed by atoms with van der Waals surface area (Å²) in [7, 11) is 0. The number of nitrogens with zero attached hydrogens (tertiary/aromatic N) is 2. The van der Waals surface area contributed by atoms with E-state index in [0.717, 1.165) is 10.5 Å². The number of pyridine rings is 1. The van der Waals surface area contributed by atoms with E-state index in [4.69, 9.17) is 5.11 Å². The first-order chi connectivity index (χ1) is 8.37. The summed E-state index contributed by atoms with van der Waals surface area (Å²) in [5.41, 5.74) is 0.822. The summed E-state index contributed by atoms with van der Waals surface area (Å²) < 4.78 is 36.7. The number of hydrogen-bond acceptors (Lipinski definition) is 3. The minimum Gasteiger partial charge on any atom is -0.480 e. The maximum atomic E-state index is 12.2. The average molecular weight is 262 g/mol. The van der Waals surface area contributed by atoms with Crippen molar-refractivity contribution in [2.45, 2.75) is 12.6 Å². The molecule has 0 saturated carbocycles. The lowest BCUT2D eigenvalue weighted by Crippen LogP contribution is -2.39. The van der Waals surface area contributed by atoms with Crippen LogP contribution in [-0.2, 0) is 11.2 Å². The van der Waals surface area contributed by atoms with Crippen LogP contribution in [0.2, 0.25) is 0 Å². The molecule has 0 aliphatic rings. The first-order valence-electron chi connectivity index (χ1n) is 5.26. The second-order valence-corrected chi connectivity index (χ2v) is 3.83. The lowest BCUT2D eigenvalue weighted by Gasteiger charge is -2.21. The highest BCUT2D eigenvalue weighted by Crippen LogP contribution is 2.16. The first-order valence-corrected chi connectivity index (χ1v) is 5.26. The number of carbonyl (C=O) groups is 1. The van der Waals surface area contributed by atoms with Gasteiger partial charge in [-0.3, -0.25) is 14.7 Å². The molecule has 4 nitrogen and oxygen atoms in total. The Kier molecular flexibility index (Phi) is 5.08. The summed E-state index contributed by atoms with van der Waals surface area (Å²) in [6.07, 6.45) is -0.958. The number of hydrogen-bond donors (Lipinski definition) is 1. The van der Waals surface area contributed by atoms with Gasteiger partial charge in [-0.05, 0) is 24.1 Å². The third-order valence-electron chi connectivity index (χ3n) is 2.23. The molecule has 1 heterocycles. The smallest absolute Gasteiger partial charge is 0.401 e. The van der Waals surface area contributed by atoms with Crippen LogP contribution >= 0.6 is 0 Å². The molecular formula is C11H13F3N2O2. The van der Waals surface area contributed by atoms with E-state index < -0.39 is 25.2 Å². The van der Waals surface area contributed by atoms with Crippen molar-refractivity contribution in [3.8, 4) is 0 Å². The van der Waals surface area contributed by atoms with E-state index in [1.807, 2.05) is 0 Å². The summed E-state index contributed by atoms with van der Waals surface area (Å²) in [6, 6.07) is 3.37. The number of aliphatic carboxylic acids is 1. The van der Waals surface area contributed by atoms with Crippen LogP contribution in [0.3, 0.4) is 0 Å². The van der Waals surface area contributed by atoms with Gasteiger partial charge < -0.3 is 5.11 Å². The Balaban J connectivity index is 2.53. The highest BCUT2D eigenvalue weighted by atomic mass is 19.4. The van der Waals surface area contributed by atoms with Crippen LogP contribution in [-0.4, -0.2) is 46.8 Å². The van der Waals surface area contributed by atoms with Gasteiger partial charge in [0, 0.05) is 18.9 Å². The summed E-state index contributed by atoms with van der Waals surface area (Å²) in [5, 5.41) is 8.56. The van der Waals surface area contributed by atoms with Crippen molar-refractivity contribution in [3.63, 3.8) is 0 Å². The molecule has 100 valence electrons. The molecule has 0 radical (unpaired) electrons. The van der Waals surface area contributed by atoms with Gasteiger partial charge in [0.25, 0.3) is 0 Å². The molecule has 0 amide bonds. The number of alkyl halides is 3. The highest BCUT2D eigenvalue weighted by Gasteiger charge is 2.31. The fraction of sp³-hybridized carbons (Fsp3) is 0.455. The summed E-state index contributed by atoms with van der Waals surface area (Å²) in [5.74, 6) is -1.27. The molecule has 0 aromatic carbocycles. The van der Waals surface area contributed by atoms with Crippen molar-refractivity contribution in [1.82, 2.24) is 9.88 Å². The quantitative estimate of drug-likeness (QED) is 0.845. The molecule has 0 aliphatic heterocycles. The molecule has 0 spiro atoms. The first kappa shape index (κ1) is 14.4. The largest absolute Gasteiger partial charge is 0.480 e. The monoisotopic (exact) mass is 262 g/mol. The van der Waals surface area contributed by atoms with Crippen molar-refractivity contribution < 1.29 is 23.1 Å². The normalized spacial score (nSPS) is 11.8. The van der Waals surface area contributed by atoms with Gasteiger partial charge in [-0.25, -0.2) is 0 Å². The molecule has 0 fully saturated rings. The molecule has 0 unspecified atom stereocenters. The van der Waals surface area contributed by atoms with Gasteiger partial charge >= 0.3 is 12.1 Å². The summed E-state index contributed by atoms with van der Waals surface area (Å²) in [6.45, 7) is -1.80. The van der Waals surface area contributed by atoms with Crippen LogP contribution in [0.5, 0.6) is 0 Å². The van der Waals surface area contributed by atoms with Gasteiger partial charge in [-0.2, -0.15) is 13.2 Å². The standard InChI is InChI=1S/C11H13F3N2O2/c12-11(13,14)8-16(7-10(17)18)6-3-9-1-4-15-5-2-9/h1-2,4-5H,3,6-8H2,(H,17,18). The Morgan fingerprint density at radius 3 is 2.44 bits per heavy atom. The fourth-order valence-electron chi connectivity index (χ4n) is 1.50. The zero-order valence-electron chi connectivity index (χ0n) is 9.52. The number of carboxylic acid groups (broad SMARTS) is 1. The Bertz CT molecular complexity index is 382. The van der Waals surface area contributed by atoms with Crippen LogP contribution in [0.4, 0.5) is 13.2 Å². The minimum atomic E-state index is -4.40. The van der Waals surface area contributed by atoms with Crippen LogP contribution in [0.25, 0.3) is 0 Å². The molecule has 0 saturated heterocycles. The van der Waals surface area contributed by atoms with E-state index in [0.29, 0.717) is 6.42 Å². The van der Waals surface area contributed by atoms with E-state index in [1.54, 1.807) is 24.5 Å². The van der Waals surface area contributed by atoms with Gasteiger partial charge in [0.05, 0.1) is 13.1 Å². The van der Waals surface area contributed by atoms with Gasteiger partial charge in [-0.15, -0.1) is 0 Å². The van der Waals surface area contributed by atoms with E-state index in [1.165, 1.54) is 0 Å². The van der Waals surface area contributed by atoms with Gasteiger partial charge in [-0.1, -0.05) is 0 Å². The van der Waals surface area contributed by atoms with Gasteiger partial charge in [0.15, 0.2) is 0 Å². The molecule has 0 atom stereocenters. The Hall–Kier alpha value is -1.63. The Morgan fingerprint density at radius 2 is 1.94 bits per heavy atom. The van der Waals surface area contributed by atoms with E-state index >= 15 is 0 Å². The molecule has 1 N–H and O–H groups in total. The fourth-order valence-corrected chi connectivity index (χ4v) is 1.50. The van der Waals surface area contributed by atoms with Gasteiger partial charge in [0.2, 0.25) is 0 Å². The van der Waals surface area contributed by atoms with E-state index in [2.05, 4.69) is 4.98 Å². The Labute approximate surface area is 102 Å². The molecule has 0 aliphatic carbocycles. The molecule has 7 heteroatoms. The van der Waals surface area contributed by atoms with Crippen LogP contribution < -0.4 is 0 Å². The maximum absolute atomic E-state index is 12.2. The number of aromatic nitrogens is 1. The molecule has 0 bridgehead atoms. The van der Waals surface area contributed by atoms with Crippen molar-refractivity contribution in [2.24, 2.45) is 0 Å². The number of rotatable bonds is 6. The SMILES string of the molecule is O=C(O)CN(CCc1ccncc1)CC(F)(F)F. The topological polar surface area (TPSA) is 53.4 Å². The molecule has 1 rings (SSSR count). The maximum Gasteiger partial charge on any atom is 0.401 e. The number of halogens is 3. The minimum absolute atomic E-state index is 0.0375. The van der Waals surface area contributed by atoms with Crippen LogP contribution in [0.1, 0.15) is 5.56 Å². The van der Waals surface area contributed by atoms with Crippen molar-refractivity contribution in [2.75, 3.05) is 19.6 Å².